The smallest absolute Gasteiger partial charge is 0.411 e. The van der Waals surface area contributed by atoms with Crippen molar-refractivity contribution in [2.75, 3.05) is 6.54 Å². The number of rotatable bonds is 2. The van der Waals surface area contributed by atoms with Crippen LogP contribution in [0.2, 0.25) is 0 Å². The van der Waals surface area contributed by atoms with Crippen molar-refractivity contribution in [3.63, 3.8) is 0 Å². The van der Waals surface area contributed by atoms with E-state index in [0.29, 0.717) is 6.54 Å². The van der Waals surface area contributed by atoms with Gasteiger partial charge in [0.25, 0.3) is 0 Å². The maximum absolute atomic E-state index is 12.1. The number of carbonyl (C=O) groups excluding carboxylic acids is 1. The zero-order chi connectivity index (χ0) is 14.8. The minimum Gasteiger partial charge on any atom is -0.480 e. The van der Waals surface area contributed by atoms with E-state index in [-0.39, 0.29) is 5.92 Å². The van der Waals surface area contributed by atoms with Crippen molar-refractivity contribution in [3.8, 4) is 0 Å². The Kier molecular flexibility index (Phi) is 4.61. The number of ether oxygens (including phenoxy) is 1. The van der Waals surface area contributed by atoms with E-state index in [1.807, 2.05) is 0 Å². The zero-order valence-electron chi connectivity index (χ0n) is 12.1. The van der Waals surface area contributed by atoms with Crippen LogP contribution in [0.25, 0.3) is 0 Å². The van der Waals surface area contributed by atoms with Crippen molar-refractivity contribution in [2.24, 2.45) is 5.92 Å². The number of aliphatic carboxylic acids is 1. The minimum absolute atomic E-state index is 0.209. The molecule has 0 aromatic carbocycles. The van der Waals surface area contributed by atoms with Crippen LogP contribution in [0.3, 0.4) is 0 Å². The fourth-order valence-electron chi connectivity index (χ4n) is 2.34. The Balaban J connectivity index is 2.93. The summed E-state index contributed by atoms with van der Waals surface area (Å²) in [6.45, 7) is 11.3. The Bertz CT molecular complexity index is 383. The Morgan fingerprint density at radius 1 is 1.37 bits per heavy atom. The first-order chi connectivity index (χ1) is 8.63. The molecule has 1 amide bonds. The van der Waals surface area contributed by atoms with Crippen molar-refractivity contribution in [2.45, 2.75) is 52.2 Å². The molecule has 5 heteroatoms. The largest absolute Gasteiger partial charge is 0.480 e. The molecule has 1 aliphatic heterocycles. The van der Waals surface area contributed by atoms with E-state index in [2.05, 4.69) is 6.58 Å². The first kappa shape index (κ1) is 15.5. The van der Waals surface area contributed by atoms with Crippen LogP contribution < -0.4 is 0 Å². The highest BCUT2D eigenvalue weighted by Crippen LogP contribution is 2.30. The molecule has 1 fully saturated rings. The highest BCUT2D eigenvalue weighted by molar-refractivity contribution is 5.81. The molecule has 1 heterocycles. The summed E-state index contributed by atoms with van der Waals surface area (Å²) >= 11 is 0. The second-order valence-electron chi connectivity index (χ2n) is 6.05. The van der Waals surface area contributed by atoms with Gasteiger partial charge in [0.1, 0.15) is 11.6 Å². The molecular weight excluding hydrogens is 246 g/mol. The predicted molar refractivity (Wildman–Crippen MR) is 71.9 cm³/mol. The fourth-order valence-corrected chi connectivity index (χ4v) is 2.34. The van der Waals surface area contributed by atoms with Gasteiger partial charge in [0.15, 0.2) is 0 Å². The van der Waals surface area contributed by atoms with Gasteiger partial charge >= 0.3 is 12.1 Å². The summed E-state index contributed by atoms with van der Waals surface area (Å²) in [6.07, 6.45) is 0.942. The topological polar surface area (TPSA) is 66.8 Å². The lowest BCUT2D eigenvalue weighted by atomic mass is 9.84. The molecule has 0 aliphatic carbocycles. The summed E-state index contributed by atoms with van der Waals surface area (Å²) < 4.78 is 5.28. The molecule has 0 saturated carbocycles. The number of carboxylic acid groups (broad SMARTS) is 1. The van der Waals surface area contributed by atoms with E-state index in [4.69, 9.17) is 4.74 Å². The van der Waals surface area contributed by atoms with Gasteiger partial charge in [-0.1, -0.05) is 12.2 Å². The normalized spacial score (nSPS) is 23.9. The molecule has 108 valence electrons. The Labute approximate surface area is 114 Å². The second-order valence-corrected chi connectivity index (χ2v) is 6.05. The van der Waals surface area contributed by atoms with Crippen LogP contribution in [0.15, 0.2) is 12.2 Å². The Morgan fingerprint density at radius 2 is 1.95 bits per heavy atom. The monoisotopic (exact) mass is 269 g/mol. The molecule has 1 rings (SSSR count). The molecule has 0 bridgehead atoms. The van der Waals surface area contributed by atoms with Gasteiger partial charge in [-0.3, -0.25) is 4.90 Å². The van der Waals surface area contributed by atoms with Gasteiger partial charge in [0.2, 0.25) is 0 Å². The van der Waals surface area contributed by atoms with Gasteiger partial charge in [-0.25, -0.2) is 9.59 Å². The van der Waals surface area contributed by atoms with Crippen LogP contribution in [-0.2, 0) is 9.53 Å². The van der Waals surface area contributed by atoms with Gasteiger partial charge in [0, 0.05) is 12.5 Å². The first-order valence-corrected chi connectivity index (χ1v) is 6.51. The molecule has 0 aromatic rings. The number of likely N-dealkylation sites (tertiary alicyclic amines) is 1. The van der Waals surface area contributed by atoms with E-state index < -0.39 is 23.7 Å². The summed E-state index contributed by atoms with van der Waals surface area (Å²) in [5.41, 5.74) is 0.164. The summed E-state index contributed by atoms with van der Waals surface area (Å²) in [5, 5.41) is 9.38. The molecule has 1 N–H and O–H groups in total. The van der Waals surface area contributed by atoms with Crippen molar-refractivity contribution in [1.82, 2.24) is 4.90 Å². The van der Waals surface area contributed by atoms with Crippen LogP contribution in [0.5, 0.6) is 0 Å². The van der Waals surface area contributed by atoms with E-state index in [1.54, 1.807) is 27.7 Å². The molecule has 0 aromatic heterocycles. The quantitative estimate of drug-likeness (QED) is 0.783. The molecule has 2 unspecified atom stereocenters. The number of hydrogen-bond acceptors (Lipinski definition) is 3. The number of carboxylic acids is 1. The Morgan fingerprint density at radius 3 is 2.37 bits per heavy atom. The molecule has 2 atom stereocenters. The SMILES string of the molecule is C=C(C)C1CCCN(C(=O)OC(C)(C)C)C1C(=O)O. The highest BCUT2D eigenvalue weighted by Gasteiger charge is 2.41. The highest BCUT2D eigenvalue weighted by atomic mass is 16.6. The average Bonchev–Trinajstić information content (AvgIpc) is 2.25. The van der Waals surface area contributed by atoms with E-state index >= 15 is 0 Å². The van der Waals surface area contributed by atoms with Gasteiger partial charge in [-0.15, -0.1) is 0 Å². The van der Waals surface area contributed by atoms with Gasteiger partial charge in [-0.2, -0.15) is 0 Å². The lowest BCUT2D eigenvalue weighted by molar-refractivity contribution is -0.146. The minimum atomic E-state index is -1.00. The van der Waals surface area contributed by atoms with Crippen LogP contribution in [0, 0.1) is 5.92 Å². The zero-order valence-corrected chi connectivity index (χ0v) is 12.1. The number of carbonyl (C=O) groups is 2. The summed E-state index contributed by atoms with van der Waals surface area (Å²) in [5.74, 6) is -1.21. The lowest BCUT2D eigenvalue weighted by Gasteiger charge is -2.39. The van der Waals surface area contributed by atoms with Gasteiger partial charge in [0.05, 0.1) is 0 Å². The van der Waals surface area contributed by atoms with Crippen molar-refractivity contribution in [3.05, 3.63) is 12.2 Å². The lowest BCUT2D eigenvalue weighted by Crippen LogP contribution is -2.54. The molecule has 1 aliphatic rings. The number of hydrogen-bond donors (Lipinski definition) is 1. The third-order valence-corrected chi connectivity index (χ3v) is 3.15. The van der Waals surface area contributed by atoms with Crippen molar-refractivity contribution in [1.29, 1.82) is 0 Å². The second kappa shape index (κ2) is 5.63. The van der Waals surface area contributed by atoms with Crippen LogP contribution in [0.4, 0.5) is 4.79 Å². The van der Waals surface area contributed by atoms with Gasteiger partial charge < -0.3 is 9.84 Å². The van der Waals surface area contributed by atoms with Gasteiger partial charge in [-0.05, 0) is 40.5 Å². The van der Waals surface area contributed by atoms with E-state index in [1.165, 1.54) is 4.90 Å². The summed E-state index contributed by atoms with van der Waals surface area (Å²) in [4.78, 5) is 24.9. The standard InChI is InChI=1S/C14H23NO4/c1-9(2)10-7-6-8-15(11(10)12(16)17)13(18)19-14(3,4)5/h10-11H,1,6-8H2,2-5H3,(H,16,17). The summed E-state index contributed by atoms with van der Waals surface area (Å²) in [6, 6.07) is -0.874. The molecule has 0 radical (unpaired) electrons. The van der Waals surface area contributed by atoms with Crippen molar-refractivity contribution >= 4 is 12.1 Å². The van der Waals surface area contributed by atoms with Crippen LogP contribution in [-0.4, -0.2) is 40.3 Å². The third-order valence-electron chi connectivity index (χ3n) is 3.15. The number of piperidine rings is 1. The number of amides is 1. The first-order valence-electron chi connectivity index (χ1n) is 6.51. The van der Waals surface area contributed by atoms with Crippen LogP contribution in [0.1, 0.15) is 40.5 Å². The molecular formula is C14H23NO4. The fraction of sp³-hybridized carbons (Fsp3) is 0.714. The molecule has 19 heavy (non-hydrogen) atoms. The molecule has 5 nitrogen and oxygen atoms in total. The Hall–Kier alpha value is -1.52. The van der Waals surface area contributed by atoms with E-state index in [0.717, 1.165) is 18.4 Å². The van der Waals surface area contributed by atoms with Crippen LogP contribution >= 0.6 is 0 Å². The third kappa shape index (κ3) is 3.98. The van der Waals surface area contributed by atoms with E-state index in [9.17, 15) is 14.7 Å². The molecule has 0 spiro atoms. The van der Waals surface area contributed by atoms with Crippen molar-refractivity contribution < 1.29 is 19.4 Å². The predicted octanol–water partition coefficient (Wildman–Crippen LogP) is 2.66. The summed E-state index contributed by atoms with van der Waals surface area (Å²) in [7, 11) is 0. The number of nitrogens with zero attached hydrogens (tertiary/aromatic N) is 1. The maximum atomic E-state index is 12.1. The molecule has 1 saturated heterocycles. The average molecular weight is 269 g/mol. The maximum Gasteiger partial charge on any atom is 0.411 e.